The highest BCUT2D eigenvalue weighted by Crippen LogP contribution is 2.45. The van der Waals surface area contributed by atoms with E-state index in [4.69, 9.17) is 4.42 Å². The number of hydrogen-bond donors (Lipinski definition) is 2. The quantitative estimate of drug-likeness (QED) is 0.239. The largest absolute Gasteiger partial charge is 0.467 e. The standard InChI is InChI=1S/C34H30N4O4/c1-20(2)21-13-15-22(16-14-21)31-30-26(24-9-3-5-11-27(24)36-30)18-29-33(40)38(34(41)37(29)31)28-12-6-4-10-25(28)32(39)35-19-23-8-7-17-42-23/h3-17,20,29,31,36H,18-19H2,1-2H3,(H,35,39)/t29-,31+/m0/s1. The predicted octanol–water partition coefficient (Wildman–Crippen LogP) is 6.30. The van der Waals surface area contributed by atoms with Gasteiger partial charge in [-0.3, -0.25) is 14.5 Å². The van der Waals surface area contributed by atoms with Crippen LogP contribution in [0.2, 0.25) is 0 Å². The topological polar surface area (TPSA) is 98.6 Å². The molecule has 2 N–H and O–H groups in total. The molecule has 2 atom stereocenters. The minimum atomic E-state index is -0.710. The Morgan fingerprint density at radius 1 is 0.976 bits per heavy atom. The van der Waals surface area contributed by atoms with Gasteiger partial charge < -0.3 is 14.7 Å². The molecule has 210 valence electrons. The lowest BCUT2D eigenvalue weighted by Crippen LogP contribution is -2.44. The first kappa shape index (κ1) is 25.8. The Labute approximate surface area is 242 Å². The van der Waals surface area contributed by atoms with E-state index in [-0.39, 0.29) is 23.7 Å². The molecule has 1 saturated heterocycles. The summed E-state index contributed by atoms with van der Waals surface area (Å²) in [6, 6.07) is 24.9. The Kier molecular flexibility index (Phi) is 6.19. The lowest BCUT2D eigenvalue weighted by molar-refractivity contribution is -0.120. The first-order chi connectivity index (χ1) is 20.4. The number of H-pyrrole nitrogens is 1. The van der Waals surface area contributed by atoms with Gasteiger partial charge in [0.15, 0.2) is 0 Å². The third kappa shape index (κ3) is 4.10. The van der Waals surface area contributed by atoms with E-state index in [1.165, 1.54) is 10.5 Å². The Morgan fingerprint density at radius 3 is 2.50 bits per heavy atom. The van der Waals surface area contributed by atoms with E-state index in [0.717, 1.165) is 27.7 Å². The van der Waals surface area contributed by atoms with Crippen LogP contribution < -0.4 is 10.2 Å². The Bertz CT molecular complexity index is 1820. The Hall–Kier alpha value is -5.11. The summed E-state index contributed by atoms with van der Waals surface area (Å²) in [6.45, 7) is 4.47. The molecule has 0 spiro atoms. The molecule has 4 heterocycles. The van der Waals surface area contributed by atoms with Gasteiger partial charge in [0.1, 0.15) is 17.8 Å². The first-order valence-corrected chi connectivity index (χ1v) is 14.2. The number of para-hydroxylation sites is 2. The van der Waals surface area contributed by atoms with Crippen LogP contribution >= 0.6 is 0 Å². The SMILES string of the molecule is CC(C)c1ccc([C@@H]2c3[nH]c4ccccc4c3C[C@H]3C(=O)N(c4ccccc4C(=O)NCc4ccco4)C(=O)N23)cc1. The van der Waals surface area contributed by atoms with Crippen molar-refractivity contribution in [3.8, 4) is 0 Å². The number of carbonyl (C=O) groups excluding carboxylic acids is 3. The number of carbonyl (C=O) groups is 3. The second kappa shape index (κ2) is 10.1. The van der Waals surface area contributed by atoms with Crippen LogP contribution in [-0.2, 0) is 17.8 Å². The average molecular weight is 559 g/mol. The van der Waals surface area contributed by atoms with Crippen LogP contribution in [0.1, 0.15) is 64.3 Å². The molecule has 1 fully saturated rings. The van der Waals surface area contributed by atoms with Crippen molar-refractivity contribution in [2.45, 2.75) is 44.8 Å². The normalized spacial score (nSPS) is 18.1. The second-order valence-electron chi connectivity index (χ2n) is 11.1. The number of urea groups is 1. The molecular weight excluding hydrogens is 528 g/mol. The highest BCUT2D eigenvalue weighted by atomic mass is 16.3. The minimum Gasteiger partial charge on any atom is -0.467 e. The van der Waals surface area contributed by atoms with Gasteiger partial charge in [0, 0.05) is 23.0 Å². The van der Waals surface area contributed by atoms with Crippen molar-refractivity contribution in [3.05, 3.63) is 125 Å². The number of anilines is 1. The van der Waals surface area contributed by atoms with Gasteiger partial charge in [-0.15, -0.1) is 0 Å². The van der Waals surface area contributed by atoms with Crippen LogP contribution in [0.4, 0.5) is 10.5 Å². The van der Waals surface area contributed by atoms with Gasteiger partial charge >= 0.3 is 6.03 Å². The number of nitrogens with zero attached hydrogens (tertiary/aromatic N) is 2. The van der Waals surface area contributed by atoms with Crippen molar-refractivity contribution < 1.29 is 18.8 Å². The maximum absolute atomic E-state index is 14.3. The van der Waals surface area contributed by atoms with Crippen molar-refractivity contribution in [1.29, 1.82) is 0 Å². The summed E-state index contributed by atoms with van der Waals surface area (Å²) >= 11 is 0. The molecule has 3 aromatic carbocycles. The van der Waals surface area contributed by atoms with Crippen LogP contribution in [0.5, 0.6) is 0 Å². The van der Waals surface area contributed by atoms with Crippen LogP contribution in [0.15, 0.2) is 95.6 Å². The molecule has 2 aliphatic heterocycles. The zero-order valence-corrected chi connectivity index (χ0v) is 23.3. The number of fused-ring (bicyclic) bond motifs is 4. The minimum absolute atomic E-state index is 0.187. The Balaban J connectivity index is 1.30. The molecule has 2 aromatic heterocycles. The summed E-state index contributed by atoms with van der Waals surface area (Å²) in [5.41, 5.74) is 5.55. The number of nitrogens with one attached hydrogen (secondary N) is 2. The number of rotatable bonds is 6. The Morgan fingerprint density at radius 2 is 1.74 bits per heavy atom. The van der Waals surface area contributed by atoms with E-state index in [2.05, 4.69) is 42.3 Å². The molecule has 0 radical (unpaired) electrons. The fourth-order valence-corrected chi connectivity index (χ4v) is 6.24. The lowest BCUT2D eigenvalue weighted by atomic mass is 9.88. The maximum Gasteiger partial charge on any atom is 0.332 e. The number of aromatic nitrogens is 1. The molecule has 0 unspecified atom stereocenters. The molecular formula is C34H30N4O4. The van der Waals surface area contributed by atoms with Crippen LogP contribution in [-0.4, -0.2) is 33.8 Å². The zero-order chi connectivity index (χ0) is 29.0. The fourth-order valence-electron chi connectivity index (χ4n) is 6.24. The van der Waals surface area contributed by atoms with Gasteiger partial charge in [0.25, 0.3) is 11.8 Å². The van der Waals surface area contributed by atoms with E-state index >= 15 is 0 Å². The summed E-state index contributed by atoms with van der Waals surface area (Å²) < 4.78 is 5.33. The zero-order valence-electron chi connectivity index (χ0n) is 23.3. The van der Waals surface area contributed by atoms with E-state index in [0.29, 0.717) is 18.1 Å². The molecule has 0 saturated carbocycles. The van der Waals surface area contributed by atoms with Crippen molar-refractivity contribution in [1.82, 2.24) is 15.2 Å². The van der Waals surface area contributed by atoms with Crippen molar-refractivity contribution in [2.75, 3.05) is 4.90 Å². The summed E-state index contributed by atoms with van der Waals surface area (Å²) in [4.78, 5) is 48.2. The maximum atomic E-state index is 14.3. The van der Waals surface area contributed by atoms with Gasteiger partial charge in [-0.1, -0.05) is 68.4 Å². The molecule has 7 rings (SSSR count). The average Bonchev–Trinajstić information content (AvgIpc) is 3.72. The monoisotopic (exact) mass is 558 g/mol. The number of furan rings is 1. The van der Waals surface area contributed by atoms with E-state index in [9.17, 15) is 14.4 Å². The molecule has 2 aliphatic rings. The summed E-state index contributed by atoms with van der Waals surface area (Å²) in [5.74, 6) is 0.226. The highest BCUT2D eigenvalue weighted by molar-refractivity contribution is 6.24. The molecule has 42 heavy (non-hydrogen) atoms. The lowest BCUT2D eigenvalue weighted by Gasteiger charge is -2.36. The predicted molar refractivity (Wildman–Crippen MR) is 159 cm³/mol. The van der Waals surface area contributed by atoms with E-state index in [1.54, 1.807) is 47.6 Å². The van der Waals surface area contributed by atoms with Crippen LogP contribution in [0.3, 0.4) is 0 Å². The smallest absolute Gasteiger partial charge is 0.332 e. The van der Waals surface area contributed by atoms with Crippen molar-refractivity contribution in [2.24, 2.45) is 0 Å². The van der Waals surface area contributed by atoms with Crippen molar-refractivity contribution >= 4 is 34.4 Å². The molecule has 5 aromatic rings. The fraction of sp³-hybridized carbons (Fsp3) is 0.206. The molecule has 0 aliphatic carbocycles. The van der Waals surface area contributed by atoms with Crippen LogP contribution in [0.25, 0.3) is 10.9 Å². The third-order valence-corrected chi connectivity index (χ3v) is 8.36. The number of benzene rings is 3. The highest BCUT2D eigenvalue weighted by Gasteiger charge is 2.53. The van der Waals surface area contributed by atoms with Gasteiger partial charge in [-0.05, 0) is 52.9 Å². The molecule has 4 amide bonds. The van der Waals surface area contributed by atoms with E-state index < -0.39 is 24.0 Å². The van der Waals surface area contributed by atoms with Gasteiger partial charge in [0.2, 0.25) is 0 Å². The van der Waals surface area contributed by atoms with Gasteiger partial charge in [0.05, 0.1) is 24.1 Å². The van der Waals surface area contributed by atoms with Gasteiger partial charge in [-0.2, -0.15) is 0 Å². The van der Waals surface area contributed by atoms with Crippen LogP contribution in [0, 0.1) is 0 Å². The van der Waals surface area contributed by atoms with Gasteiger partial charge in [-0.25, -0.2) is 9.69 Å². The first-order valence-electron chi connectivity index (χ1n) is 14.2. The number of hydrogen-bond acceptors (Lipinski definition) is 4. The summed E-state index contributed by atoms with van der Waals surface area (Å²) in [6.07, 6.45) is 1.92. The molecule has 8 nitrogen and oxygen atoms in total. The second-order valence-corrected chi connectivity index (χ2v) is 11.1. The summed E-state index contributed by atoms with van der Waals surface area (Å²) in [5, 5.41) is 3.88. The number of aromatic amines is 1. The van der Waals surface area contributed by atoms with Crippen molar-refractivity contribution in [3.63, 3.8) is 0 Å². The third-order valence-electron chi connectivity index (χ3n) is 8.36. The number of amides is 4. The van der Waals surface area contributed by atoms with E-state index in [1.807, 2.05) is 30.3 Å². The number of imide groups is 1. The summed E-state index contributed by atoms with van der Waals surface area (Å²) in [7, 11) is 0. The molecule has 0 bridgehead atoms. The molecule has 8 heteroatoms.